The molecule has 112 valence electrons. The minimum Gasteiger partial charge on any atom is -0.496 e. The van der Waals surface area contributed by atoms with Crippen LogP contribution in [0.4, 0.5) is 0 Å². The van der Waals surface area contributed by atoms with E-state index in [0.29, 0.717) is 0 Å². The largest absolute Gasteiger partial charge is 0.496 e. The number of benzene rings is 2. The summed E-state index contributed by atoms with van der Waals surface area (Å²) >= 11 is 0. The van der Waals surface area contributed by atoms with E-state index in [-0.39, 0.29) is 0 Å². The van der Waals surface area contributed by atoms with Gasteiger partial charge in [-0.2, -0.15) is 0 Å². The van der Waals surface area contributed by atoms with Gasteiger partial charge in [0.05, 0.1) is 7.11 Å². The maximum atomic E-state index is 5.48. The van der Waals surface area contributed by atoms with Gasteiger partial charge in [-0.25, -0.2) is 0 Å². The Labute approximate surface area is 127 Å². The molecule has 0 fully saturated rings. The lowest BCUT2D eigenvalue weighted by atomic mass is 10.1. The van der Waals surface area contributed by atoms with Crippen molar-refractivity contribution in [1.29, 1.82) is 0 Å². The van der Waals surface area contributed by atoms with Crippen LogP contribution in [0, 0.1) is 0 Å². The third kappa shape index (κ3) is 4.59. The van der Waals surface area contributed by atoms with E-state index in [1.54, 1.807) is 7.11 Å². The van der Waals surface area contributed by atoms with Crippen molar-refractivity contribution in [3.63, 3.8) is 0 Å². The molecule has 0 aliphatic carbocycles. The van der Waals surface area contributed by atoms with Gasteiger partial charge in [-0.3, -0.25) is 4.90 Å². The van der Waals surface area contributed by atoms with E-state index in [4.69, 9.17) is 4.74 Å². The monoisotopic (exact) mass is 284 g/mol. The molecule has 0 aliphatic rings. The average Bonchev–Trinajstić information content (AvgIpc) is 2.50. The molecule has 3 nitrogen and oxygen atoms in total. The molecule has 2 aromatic carbocycles. The second-order valence-electron chi connectivity index (χ2n) is 5.33. The van der Waals surface area contributed by atoms with Crippen LogP contribution in [-0.2, 0) is 19.6 Å². The second kappa shape index (κ2) is 7.81. The van der Waals surface area contributed by atoms with E-state index >= 15 is 0 Å². The minimum absolute atomic E-state index is 0.823. The highest BCUT2D eigenvalue weighted by molar-refractivity contribution is 5.37. The summed E-state index contributed by atoms with van der Waals surface area (Å²) in [6.45, 7) is 2.68. The number of methoxy groups -OCH3 is 1. The third-order valence-electron chi connectivity index (χ3n) is 3.47. The summed E-state index contributed by atoms with van der Waals surface area (Å²) in [5.74, 6) is 0.954. The maximum absolute atomic E-state index is 5.48. The smallest absolute Gasteiger partial charge is 0.123 e. The topological polar surface area (TPSA) is 24.5 Å². The number of nitrogens with zero attached hydrogens (tertiary/aromatic N) is 1. The molecule has 0 radical (unpaired) electrons. The van der Waals surface area contributed by atoms with Crippen LogP contribution in [0.25, 0.3) is 0 Å². The van der Waals surface area contributed by atoms with Crippen molar-refractivity contribution in [1.82, 2.24) is 10.2 Å². The molecular formula is C18H24N2O. The van der Waals surface area contributed by atoms with Gasteiger partial charge in [0.15, 0.2) is 0 Å². The lowest BCUT2D eigenvalue weighted by Crippen LogP contribution is -2.17. The Hall–Kier alpha value is -1.84. The standard InChI is InChI=1S/C18H24N2O/c1-19-12-17-10-9-16(11-18(17)21-3)14-20(2)13-15-7-5-4-6-8-15/h4-11,19H,12-14H2,1-3H3. The number of hydrogen-bond donors (Lipinski definition) is 1. The third-order valence-corrected chi connectivity index (χ3v) is 3.47. The van der Waals surface area contributed by atoms with Crippen LogP contribution >= 0.6 is 0 Å². The van der Waals surface area contributed by atoms with E-state index in [1.807, 2.05) is 7.05 Å². The van der Waals surface area contributed by atoms with E-state index in [1.165, 1.54) is 16.7 Å². The van der Waals surface area contributed by atoms with E-state index < -0.39 is 0 Å². The fourth-order valence-corrected chi connectivity index (χ4v) is 2.49. The van der Waals surface area contributed by atoms with Crippen molar-refractivity contribution in [2.75, 3.05) is 21.2 Å². The van der Waals surface area contributed by atoms with Gasteiger partial charge in [0.25, 0.3) is 0 Å². The molecule has 0 amide bonds. The molecular weight excluding hydrogens is 260 g/mol. The molecule has 0 bridgehead atoms. The molecule has 21 heavy (non-hydrogen) atoms. The summed E-state index contributed by atoms with van der Waals surface area (Å²) in [7, 11) is 5.81. The van der Waals surface area contributed by atoms with Crippen LogP contribution < -0.4 is 10.1 Å². The van der Waals surface area contributed by atoms with Crippen LogP contribution in [0.2, 0.25) is 0 Å². The van der Waals surface area contributed by atoms with E-state index in [9.17, 15) is 0 Å². The number of rotatable bonds is 7. The lowest BCUT2D eigenvalue weighted by Gasteiger charge is -2.18. The molecule has 0 aliphatic heterocycles. The molecule has 0 saturated carbocycles. The molecule has 0 aromatic heterocycles. The first-order chi connectivity index (χ1) is 10.2. The highest BCUT2D eigenvalue weighted by Gasteiger charge is 2.06. The summed E-state index contributed by atoms with van der Waals surface area (Å²) in [5, 5.41) is 3.16. The summed E-state index contributed by atoms with van der Waals surface area (Å²) < 4.78 is 5.48. The van der Waals surface area contributed by atoms with Gasteiger partial charge in [-0.1, -0.05) is 42.5 Å². The Bertz CT molecular complexity index is 554. The molecule has 0 saturated heterocycles. The normalized spacial score (nSPS) is 10.9. The predicted octanol–water partition coefficient (Wildman–Crippen LogP) is 3.05. The summed E-state index contributed by atoms with van der Waals surface area (Å²) in [4.78, 5) is 2.31. The Balaban J connectivity index is 2.02. The first kappa shape index (κ1) is 15.5. The van der Waals surface area contributed by atoms with Gasteiger partial charge < -0.3 is 10.1 Å². The van der Waals surface area contributed by atoms with E-state index in [0.717, 1.165) is 25.4 Å². The lowest BCUT2D eigenvalue weighted by molar-refractivity contribution is 0.318. The molecule has 1 N–H and O–H groups in total. The van der Waals surface area contributed by atoms with Crippen molar-refractivity contribution in [3.05, 3.63) is 65.2 Å². The Morgan fingerprint density at radius 2 is 1.71 bits per heavy atom. The fraction of sp³-hybridized carbons (Fsp3) is 0.333. The van der Waals surface area contributed by atoms with Crippen LogP contribution in [0.1, 0.15) is 16.7 Å². The van der Waals surface area contributed by atoms with Crippen molar-refractivity contribution in [2.45, 2.75) is 19.6 Å². The van der Waals surface area contributed by atoms with Gasteiger partial charge in [0.2, 0.25) is 0 Å². The van der Waals surface area contributed by atoms with Gasteiger partial charge in [-0.15, -0.1) is 0 Å². The minimum atomic E-state index is 0.823. The van der Waals surface area contributed by atoms with Gasteiger partial charge in [0, 0.05) is 25.2 Å². The Morgan fingerprint density at radius 3 is 2.38 bits per heavy atom. The number of nitrogens with one attached hydrogen (secondary N) is 1. The maximum Gasteiger partial charge on any atom is 0.123 e. The van der Waals surface area contributed by atoms with Crippen LogP contribution in [-0.4, -0.2) is 26.1 Å². The van der Waals surface area contributed by atoms with Crippen molar-refractivity contribution >= 4 is 0 Å². The molecule has 0 atom stereocenters. The molecule has 2 aromatic rings. The molecule has 0 unspecified atom stereocenters. The zero-order valence-electron chi connectivity index (χ0n) is 13.1. The van der Waals surface area contributed by atoms with Crippen molar-refractivity contribution in [2.24, 2.45) is 0 Å². The quantitative estimate of drug-likeness (QED) is 0.846. The SMILES string of the molecule is CNCc1ccc(CN(C)Cc2ccccc2)cc1OC. The number of ether oxygens (including phenoxy) is 1. The van der Waals surface area contributed by atoms with Gasteiger partial charge in [-0.05, 0) is 31.3 Å². The molecule has 0 spiro atoms. The predicted molar refractivity (Wildman–Crippen MR) is 87.4 cm³/mol. The molecule has 0 heterocycles. The number of hydrogen-bond acceptors (Lipinski definition) is 3. The van der Waals surface area contributed by atoms with Crippen molar-refractivity contribution in [3.8, 4) is 5.75 Å². The van der Waals surface area contributed by atoms with Gasteiger partial charge in [0.1, 0.15) is 5.75 Å². The molecule has 2 rings (SSSR count). The first-order valence-electron chi connectivity index (χ1n) is 7.25. The fourth-order valence-electron chi connectivity index (χ4n) is 2.49. The van der Waals surface area contributed by atoms with Gasteiger partial charge >= 0.3 is 0 Å². The zero-order valence-corrected chi connectivity index (χ0v) is 13.1. The van der Waals surface area contributed by atoms with E-state index in [2.05, 4.69) is 65.8 Å². The van der Waals surface area contributed by atoms with Crippen LogP contribution in [0.5, 0.6) is 5.75 Å². The zero-order chi connectivity index (χ0) is 15.1. The highest BCUT2D eigenvalue weighted by atomic mass is 16.5. The van der Waals surface area contributed by atoms with Crippen LogP contribution in [0.15, 0.2) is 48.5 Å². The molecule has 3 heteroatoms. The highest BCUT2D eigenvalue weighted by Crippen LogP contribution is 2.21. The second-order valence-corrected chi connectivity index (χ2v) is 5.33. The summed E-state index contributed by atoms with van der Waals surface area (Å²) in [6.07, 6.45) is 0. The Morgan fingerprint density at radius 1 is 1.00 bits per heavy atom. The Kier molecular flexibility index (Phi) is 5.78. The van der Waals surface area contributed by atoms with Crippen molar-refractivity contribution < 1.29 is 4.74 Å². The summed E-state index contributed by atoms with van der Waals surface area (Å²) in [5.41, 5.74) is 3.79. The average molecular weight is 284 g/mol. The first-order valence-corrected chi connectivity index (χ1v) is 7.25. The van der Waals surface area contributed by atoms with Crippen LogP contribution in [0.3, 0.4) is 0 Å². The summed E-state index contributed by atoms with van der Waals surface area (Å²) in [6, 6.07) is 17.0.